The number of ether oxygens (including phenoxy) is 1. The summed E-state index contributed by atoms with van der Waals surface area (Å²) in [4.78, 5) is 10.9. The summed E-state index contributed by atoms with van der Waals surface area (Å²) in [5.41, 5.74) is -0.261. The highest BCUT2D eigenvalue weighted by Crippen LogP contribution is 2.26. The average Bonchev–Trinajstić information content (AvgIpc) is 2.92. The number of hydrogen-bond donors (Lipinski definition) is 0. The summed E-state index contributed by atoms with van der Waals surface area (Å²) in [6.45, 7) is 0.935. The number of nitrogens with zero attached hydrogens (tertiary/aromatic N) is 1. The van der Waals surface area contributed by atoms with Gasteiger partial charge in [-0.1, -0.05) is 0 Å². The van der Waals surface area contributed by atoms with Crippen LogP contribution in [0.4, 0.5) is 0 Å². The first-order valence-electron chi connectivity index (χ1n) is 5.86. The predicted molar refractivity (Wildman–Crippen MR) is 65.3 cm³/mol. The number of rotatable bonds is 4. The Bertz CT molecular complexity index is 590. The maximum Gasteiger partial charge on any atom is 0.243 e. The summed E-state index contributed by atoms with van der Waals surface area (Å²) in [5, 5.41) is 11.0. The summed E-state index contributed by atoms with van der Waals surface area (Å²) in [5.74, 6) is -1.38. The molecule has 2 rings (SSSR count). The van der Waals surface area contributed by atoms with Crippen molar-refractivity contribution in [2.75, 3.05) is 20.2 Å². The van der Waals surface area contributed by atoms with E-state index in [1.54, 1.807) is 0 Å². The van der Waals surface area contributed by atoms with E-state index in [9.17, 15) is 18.3 Å². The number of carboxylic acids is 1. The predicted octanol–water partition coefficient (Wildman–Crippen LogP) is -0.157. The Morgan fingerprint density at radius 3 is 2.47 bits per heavy atom. The maximum atomic E-state index is 12.3. The first kappa shape index (κ1) is 13.8. The van der Waals surface area contributed by atoms with Crippen LogP contribution in [0.25, 0.3) is 0 Å². The SMILES string of the molecule is COc1ccc(S(=O)(=O)N2CCCC2)cc1C(=O)[O-]. The van der Waals surface area contributed by atoms with Crippen molar-refractivity contribution < 1.29 is 23.1 Å². The number of sulfonamides is 1. The molecule has 6 nitrogen and oxygen atoms in total. The van der Waals surface area contributed by atoms with Crippen LogP contribution in [0.1, 0.15) is 23.2 Å². The fourth-order valence-corrected chi connectivity index (χ4v) is 3.63. The minimum Gasteiger partial charge on any atom is -0.545 e. The standard InChI is InChI=1S/C12H15NO5S/c1-18-11-5-4-9(8-10(11)12(14)15)19(16,17)13-6-2-3-7-13/h4-5,8H,2-3,6-7H2,1H3,(H,14,15)/p-1. The molecule has 7 heteroatoms. The smallest absolute Gasteiger partial charge is 0.243 e. The summed E-state index contributed by atoms with van der Waals surface area (Å²) in [6, 6.07) is 3.76. The van der Waals surface area contributed by atoms with Crippen molar-refractivity contribution in [2.45, 2.75) is 17.7 Å². The van der Waals surface area contributed by atoms with Crippen molar-refractivity contribution in [2.24, 2.45) is 0 Å². The lowest BCUT2D eigenvalue weighted by Gasteiger charge is -2.17. The molecule has 1 aromatic rings. The summed E-state index contributed by atoms with van der Waals surface area (Å²) in [7, 11) is -2.32. The van der Waals surface area contributed by atoms with Gasteiger partial charge in [-0.15, -0.1) is 0 Å². The zero-order chi connectivity index (χ0) is 14.0. The Hall–Kier alpha value is -1.60. The van der Waals surface area contributed by atoms with E-state index in [0.29, 0.717) is 13.1 Å². The molecule has 1 heterocycles. The van der Waals surface area contributed by atoms with Crippen LogP contribution >= 0.6 is 0 Å². The molecule has 1 aliphatic rings. The first-order valence-corrected chi connectivity index (χ1v) is 7.30. The van der Waals surface area contributed by atoms with Crippen LogP contribution in [-0.2, 0) is 10.0 Å². The number of aromatic carboxylic acids is 1. The Morgan fingerprint density at radius 1 is 1.32 bits per heavy atom. The lowest BCUT2D eigenvalue weighted by molar-refractivity contribution is -0.255. The van der Waals surface area contributed by atoms with E-state index >= 15 is 0 Å². The molecular weight excluding hydrogens is 270 g/mol. The fraction of sp³-hybridized carbons (Fsp3) is 0.417. The van der Waals surface area contributed by atoms with Crippen molar-refractivity contribution >= 4 is 16.0 Å². The molecule has 0 N–H and O–H groups in total. The Kier molecular flexibility index (Phi) is 3.77. The topological polar surface area (TPSA) is 86.7 Å². The molecule has 0 unspecified atom stereocenters. The van der Waals surface area contributed by atoms with E-state index in [0.717, 1.165) is 18.9 Å². The molecule has 0 bridgehead atoms. The number of benzene rings is 1. The minimum atomic E-state index is -3.63. The molecule has 0 aliphatic carbocycles. The van der Waals surface area contributed by atoms with Crippen LogP contribution in [0.15, 0.2) is 23.1 Å². The second-order valence-electron chi connectivity index (χ2n) is 4.26. The van der Waals surface area contributed by atoms with Crippen LogP contribution in [-0.4, -0.2) is 38.9 Å². The average molecular weight is 284 g/mol. The Morgan fingerprint density at radius 2 is 1.95 bits per heavy atom. The molecule has 0 spiro atoms. The molecule has 104 valence electrons. The highest BCUT2D eigenvalue weighted by Gasteiger charge is 2.27. The Labute approximate surface area is 111 Å². The van der Waals surface area contributed by atoms with E-state index in [1.165, 1.54) is 23.5 Å². The number of methoxy groups -OCH3 is 1. The van der Waals surface area contributed by atoms with Gasteiger partial charge in [0.05, 0.1) is 18.0 Å². The van der Waals surface area contributed by atoms with Gasteiger partial charge in [-0.3, -0.25) is 0 Å². The molecule has 0 amide bonds. The molecule has 0 radical (unpaired) electrons. The third-order valence-electron chi connectivity index (χ3n) is 3.09. The van der Waals surface area contributed by atoms with Crippen molar-refractivity contribution in [3.63, 3.8) is 0 Å². The lowest BCUT2D eigenvalue weighted by atomic mass is 10.2. The summed E-state index contributed by atoms with van der Waals surface area (Å²) >= 11 is 0. The van der Waals surface area contributed by atoms with Gasteiger partial charge < -0.3 is 14.6 Å². The molecule has 1 saturated heterocycles. The van der Waals surface area contributed by atoms with Crippen molar-refractivity contribution in [1.29, 1.82) is 0 Å². The van der Waals surface area contributed by atoms with Gasteiger partial charge in [-0.25, -0.2) is 8.42 Å². The van der Waals surface area contributed by atoms with E-state index < -0.39 is 16.0 Å². The monoisotopic (exact) mass is 284 g/mol. The summed E-state index contributed by atoms with van der Waals surface area (Å²) < 4.78 is 30.8. The Balaban J connectivity index is 2.45. The van der Waals surface area contributed by atoms with Crippen LogP contribution in [0.2, 0.25) is 0 Å². The summed E-state index contributed by atoms with van der Waals surface area (Å²) in [6.07, 6.45) is 1.64. The van der Waals surface area contributed by atoms with Crippen molar-refractivity contribution in [3.8, 4) is 5.75 Å². The zero-order valence-corrected chi connectivity index (χ0v) is 11.3. The largest absolute Gasteiger partial charge is 0.545 e. The molecule has 19 heavy (non-hydrogen) atoms. The van der Waals surface area contributed by atoms with Gasteiger partial charge in [0, 0.05) is 18.7 Å². The normalized spacial score (nSPS) is 16.5. The number of carboxylic acid groups (broad SMARTS) is 1. The molecule has 0 saturated carbocycles. The highest BCUT2D eigenvalue weighted by molar-refractivity contribution is 7.89. The quantitative estimate of drug-likeness (QED) is 0.767. The van der Waals surface area contributed by atoms with Gasteiger partial charge in [0.25, 0.3) is 0 Å². The number of carbonyl (C=O) groups excluding carboxylic acids is 1. The number of carbonyl (C=O) groups is 1. The van der Waals surface area contributed by atoms with E-state index in [4.69, 9.17) is 4.74 Å². The van der Waals surface area contributed by atoms with Gasteiger partial charge in [0.1, 0.15) is 5.75 Å². The molecule has 0 aromatic heterocycles. The first-order chi connectivity index (χ1) is 8.96. The van der Waals surface area contributed by atoms with Crippen LogP contribution < -0.4 is 9.84 Å². The molecule has 1 aliphatic heterocycles. The van der Waals surface area contributed by atoms with Gasteiger partial charge in [-0.05, 0) is 31.0 Å². The maximum absolute atomic E-state index is 12.3. The van der Waals surface area contributed by atoms with Crippen LogP contribution in [0.3, 0.4) is 0 Å². The second kappa shape index (κ2) is 5.18. The third kappa shape index (κ3) is 2.57. The van der Waals surface area contributed by atoms with Gasteiger partial charge in [0.2, 0.25) is 10.0 Å². The van der Waals surface area contributed by atoms with Crippen molar-refractivity contribution in [3.05, 3.63) is 23.8 Å². The van der Waals surface area contributed by atoms with Crippen LogP contribution in [0.5, 0.6) is 5.75 Å². The minimum absolute atomic E-state index is 0.0469. The molecular formula is C12H14NO5S-. The molecule has 0 atom stereocenters. The van der Waals surface area contributed by atoms with E-state index in [2.05, 4.69) is 0 Å². The van der Waals surface area contributed by atoms with Gasteiger partial charge in [0.15, 0.2) is 0 Å². The second-order valence-corrected chi connectivity index (χ2v) is 6.20. The molecule has 1 fully saturated rings. The van der Waals surface area contributed by atoms with Gasteiger partial charge >= 0.3 is 0 Å². The van der Waals surface area contributed by atoms with E-state index in [-0.39, 0.29) is 16.2 Å². The van der Waals surface area contributed by atoms with Crippen LogP contribution in [0, 0.1) is 0 Å². The number of hydrogen-bond acceptors (Lipinski definition) is 5. The molecule has 1 aromatic carbocycles. The zero-order valence-electron chi connectivity index (χ0n) is 10.5. The third-order valence-corrected chi connectivity index (χ3v) is 4.99. The lowest BCUT2D eigenvalue weighted by Crippen LogP contribution is -2.29. The van der Waals surface area contributed by atoms with Gasteiger partial charge in [-0.2, -0.15) is 4.31 Å². The van der Waals surface area contributed by atoms with Crippen molar-refractivity contribution in [1.82, 2.24) is 4.31 Å². The highest BCUT2D eigenvalue weighted by atomic mass is 32.2. The van der Waals surface area contributed by atoms with E-state index in [1.807, 2.05) is 0 Å². The fourth-order valence-electron chi connectivity index (χ4n) is 2.08.